The molecule has 150 valence electrons. The van der Waals surface area contributed by atoms with E-state index in [1.807, 2.05) is 5.32 Å². The Bertz CT molecular complexity index is 808. The number of carbonyl (C=O) groups excluding carboxylic acids is 2. The lowest BCUT2D eigenvalue weighted by Gasteiger charge is -2.26. The highest BCUT2D eigenvalue weighted by Crippen LogP contribution is 2.23. The topological polar surface area (TPSA) is 67.4 Å². The molecule has 0 unspecified atom stereocenters. The predicted octanol–water partition coefficient (Wildman–Crippen LogP) is 4.99. The van der Waals surface area contributed by atoms with Crippen molar-refractivity contribution in [1.82, 2.24) is 5.32 Å². The molecule has 0 atom stereocenters. The van der Waals surface area contributed by atoms with Crippen LogP contribution in [-0.4, -0.2) is 18.0 Å². The number of rotatable bonds is 6. The fraction of sp³-hybridized carbons (Fsp3) is 0.333. The first kappa shape index (κ1) is 21.3. The molecule has 2 rings (SSSR count). The molecule has 0 saturated carbocycles. The van der Waals surface area contributed by atoms with Crippen molar-refractivity contribution in [3.63, 3.8) is 0 Å². The average Bonchev–Trinajstić information content (AvgIpc) is 2.60. The maximum absolute atomic E-state index is 13.6. The van der Waals surface area contributed by atoms with Crippen LogP contribution >= 0.6 is 0 Å². The number of hydrogen-bond acceptors (Lipinski definition) is 3. The van der Waals surface area contributed by atoms with Crippen molar-refractivity contribution in [2.24, 2.45) is 11.8 Å². The molecule has 5 nitrogen and oxygen atoms in total. The molecular formula is C21H24F2N2O3. The summed E-state index contributed by atoms with van der Waals surface area (Å²) >= 11 is 0. The fourth-order valence-electron chi connectivity index (χ4n) is 2.86. The summed E-state index contributed by atoms with van der Waals surface area (Å²) in [6.45, 7) is 8.33. The monoisotopic (exact) mass is 390 g/mol. The summed E-state index contributed by atoms with van der Waals surface area (Å²) < 4.78 is 33.2. The second-order valence-corrected chi connectivity index (χ2v) is 7.10. The second kappa shape index (κ2) is 9.30. The van der Waals surface area contributed by atoms with E-state index < -0.39 is 29.1 Å². The number of halogens is 2. The van der Waals surface area contributed by atoms with Crippen LogP contribution in [0.15, 0.2) is 42.5 Å². The molecule has 0 bridgehead atoms. The van der Waals surface area contributed by atoms with E-state index in [4.69, 9.17) is 4.74 Å². The molecule has 2 N–H and O–H groups in total. The molecule has 2 aromatic carbocycles. The van der Waals surface area contributed by atoms with Gasteiger partial charge in [0.1, 0.15) is 29.1 Å². The zero-order chi connectivity index (χ0) is 20.8. The maximum Gasteiger partial charge on any atom is 0.326 e. The highest BCUT2D eigenvalue weighted by molar-refractivity contribution is 6.08. The fourth-order valence-corrected chi connectivity index (χ4v) is 2.86. The van der Waals surface area contributed by atoms with Gasteiger partial charge in [-0.15, -0.1) is 0 Å². The van der Waals surface area contributed by atoms with Gasteiger partial charge < -0.3 is 10.1 Å². The molecule has 3 amide bonds. The molecule has 0 aliphatic carbocycles. The highest BCUT2D eigenvalue weighted by Gasteiger charge is 2.20. The summed E-state index contributed by atoms with van der Waals surface area (Å²) in [6, 6.07) is 8.74. The van der Waals surface area contributed by atoms with E-state index in [1.54, 1.807) is 24.3 Å². The van der Waals surface area contributed by atoms with E-state index >= 15 is 0 Å². The van der Waals surface area contributed by atoms with Crippen LogP contribution in [0.4, 0.5) is 19.3 Å². The quantitative estimate of drug-likeness (QED) is 0.730. The van der Waals surface area contributed by atoms with E-state index in [0.717, 1.165) is 18.2 Å². The Balaban J connectivity index is 1.98. The third kappa shape index (κ3) is 5.52. The number of hydrogen-bond donors (Lipinski definition) is 2. The van der Waals surface area contributed by atoms with E-state index in [0.29, 0.717) is 23.3 Å². The lowest BCUT2D eigenvalue weighted by Crippen LogP contribution is -2.35. The third-order valence-electron chi connectivity index (χ3n) is 4.12. The van der Waals surface area contributed by atoms with Crippen LogP contribution in [0, 0.1) is 23.5 Å². The number of imide groups is 1. The molecule has 0 fully saturated rings. The van der Waals surface area contributed by atoms with Crippen molar-refractivity contribution in [2.75, 3.05) is 5.32 Å². The Labute approximate surface area is 163 Å². The van der Waals surface area contributed by atoms with Crippen molar-refractivity contribution in [3.8, 4) is 5.75 Å². The van der Waals surface area contributed by atoms with Crippen LogP contribution in [0.1, 0.15) is 38.1 Å². The van der Waals surface area contributed by atoms with Crippen LogP contribution in [0.3, 0.4) is 0 Å². The lowest BCUT2D eigenvalue weighted by molar-refractivity contribution is 0.0959. The van der Waals surface area contributed by atoms with Gasteiger partial charge in [-0.1, -0.05) is 33.8 Å². The third-order valence-corrected chi connectivity index (χ3v) is 4.12. The lowest BCUT2D eigenvalue weighted by atomic mass is 9.96. The largest absolute Gasteiger partial charge is 0.490 e. The Kier molecular flexibility index (Phi) is 7.09. The van der Waals surface area contributed by atoms with Crippen LogP contribution in [0.25, 0.3) is 0 Å². The van der Waals surface area contributed by atoms with Crippen LogP contribution in [0.2, 0.25) is 0 Å². The number of carbonyl (C=O) groups is 2. The zero-order valence-corrected chi connectivity index (χ0v) is 16.3. The van der Waals surface area contributed by atoms with E-state index in [-0.39, 0.29) is 6.10 Å². The van der Waals surface area contributed by atoms with E-state index in [2.05, 4.69) is 33.0 Å². The number of urea groups is 1. The minimum absolute atomic E-state index is 0.0513. The van der Waals surface area contributed by atoms with Gasteiger partial charge in [-0.2, -0.15) is 0 Å². The highest BCUT2D eigenvalue weighted by atomic mass is 19.1. The van der Waals surface area contributed by atoms with Gasteiger partial charge >= 0.3 is 6.03 Å². The minimum Gasteiger partial charge on any atom is -0.490 e. The standard InChI is InChI=1S/C21H24F2N2O3/c1-12(2)19(13(3)4)28-15-10-8-14(9-11-15)24-21(27)25-20(26)18-16(22)6-5-7-17(18)23/h5-13,19H,1-4H3,(H2,24,25,26,27). The van der Waals surface area contributed by atoms with Crippen molar-refractivity contribution in [3.05, 3.63) is 59.7 Å². The number of ether oxygens (including phenoxy) is 1. The molecule has 28 heavy (non-hydrogen) atoms. The molecule has 0 aliphatic heterocycles. The minimum atomic E-state index is -1.16. The van der Waals surface area contributed by atoms with Crippen LogP contribution in [-0.2, 0) is 0 Å². The normalized spacial score (nSPS) is 11.0. The zero-order valence-electron chi connectivity index (χ0n) is 16.3. The second-order valence-electron chi connectivity index (χ2n) is 7.10. The Morgan fingerprint density at radius 2 is 1.43 bits per heavy atom. The number of amides is 3. The Morgan fingerprint density at radius 1 is 0.893 bits per heavy atom. The summed E-state index contributed by atoms with van der Waals surface area (Å²) in [7, 11) is 0. The molecule has 0 aliphatic rings. The molecule has 0 spiro atoms. The first-order valence-corrected chi connectivity index (χ1v) is 9.02. The number of anilines is 1. The smallest absolute Gasteiger partial charge is 0.326 e. The SMILES string of the molecule is CC(C)C(Oc1ccc(NC(=O)NC(=O)c2c(F)cccc2F)cc1)C(C)C. The van der Waals surface area contributed by atoms with Crippen molar-refractivity contribution < 1.29 is 23.1 Å². The summed E-state index contributed by atoms with van der Waals surface area (Å²) in [5, 5.41) is 4.34. The van der Waals surface area contributed by atoms with Gasteiger partial charge in [-0.3, -0.25) is 10.1 Å². The van der Waals surface area contributed by atoms with E-state index in [1.165, 1.54) is 0 Å². The van der Waals surface area contributed by atoms with Crippen LogP contribution < -0.4 is 15.4 Å². The first-order chi connectivity index (χ1) is 13.2. The van der Waals surface area contributed by atoms with Gasteiger partial charge in [0, 0.05) is 5.69 Å². The Morgan fingerprint density at radius 3 is 1.93 bits per heavy atom. The van der Waals surface area contributed by atoms with Gasteiger partial charge in [-0.05, 0) is 48.2 Å². The molecule has 0 aromatic heterocycles. The summed E-state index contributed by atoms with van der Waals surface area (Å²) in [5.41, 5.74) is -0.410. The predicted molar refractivity (Wildman–Crippen MR) is 103 cm³/mol. The van der Waals surface area contributed by atoms with Gasteiger partial charge in [0.2, 0.25) is 0 Å². The molecule has 0 radical (unpaired) electrons. The molecule has 0 heterocycles. The summed E-state index contributed by atoms with van der Waals surface area (Å²) in [6.07, 6.45) is 0.0513. The summed E-state index contributed by atoms with van der Waals surface area (Å²) in [4.78, 5) is 23.9. The maximum atomic E-state index is 13.6. The molecular weight excluding hydrogens is 366 g/mol. The van der Waals surface area contributed by atoms with Crippen molar-refractivity contribution in [1.29, 1.82) is 0 Å². The van der Waals surface area contributed by atoms with Crippen LogP contribution in [0.5, 0.6) is 5.75 Å². The van der Waals surface area contributed by atoms with E-state index in [9.17, 15) is 18.4 Å². The molecule has 0 saturated heterocycles. The van der Waals surface area contributed by atoms with Crippen molar-refractivity contribution in [2.45, 2.75) is 33.8 Å². The van der Waals surface area contributed by atoms with Crippen molar-refractivity contribution >= 4 is 17.6 Å². The first-order valence-electron chi connectivity index (χ1n) is 9.02. The molecule has 7 heteroatoms. The van der Waals surface area contributed by atoms with Gasteiger partial charge in [-0.25, -0.2) is 13.6 Å². The number of nitrogens with one attached hydrogen (secondary N) is 2. The summed E-state index contributed by atoms with van der Waals surface area (Å²) in [5.74, 6) is -1.91. The molecule has 2 aromatic rings. The van der Waals surface area contributed by atoms with Gasteiger partial charge in [0.05, 0.1) is 0 Å². The van der Waals surface area contributed by atoms with Gasteiger partial charge in [0.25, 0.3) is 5.91 Å². The number of benzene rings is 2. The average molecular weight is 390 g/mol. The Hall–Kier alpha value is -2.96. The van der Waals surface area contributed by atoms with Gasteiger partial charge in [0.15, 0.2) is 0 Å².